The molecule has 3 N–H and O–H groups in total. The number of amides is 1. The fraction of sp³-hybridized carbons (Fsp3) is 0.133. The highest BCUT2D eigenvalue weighted by Crippen LogP contribution is 2.23. The van der Waals surface area contributed by atoms with Crippen LogP contribution in [0, 0.1) is 17.4 Å². The van der Waals surface area contributed by atoms with E-state index >= 15 is 0 Å². The molecular formula is C15H15IN2O. The van der Waals surface area contributed by atoms with E-state index in [0.717, 1.165) is 20.4 Å². The van der Waals surface area contributed by atoms with Crippen LogP contribution < -0.4 is 11.1 Å². The summed E-state index contributed by atoms with van der Waals surface area (Å²) in [6.45, 7) is 3.91. The van der Waals surface area contributed by atoms with Crippen LogP contribution in [0.1, 0.15) is 21.5 Å². The second-order valence-electron chi connectivity index (χ2n) is 4.49. The van der Waals surface area contributed by atoms with Crippen molar-refractivity contribution in [1.29, 1.82) is 0 Å². The number of nitrogens with one attached hydrogen (secondary N) is 1. The maximum atomic E-state index is 12.2. The number of carbonyl (C=O) groups is 1. The van der Waals surface area contributed by atoms with Crippen molar-refractivity contribution >= 4 is 39.9 Å². The summed E-state index contributed by atoms with van der Waals surface area (Å²) in [6.07, 6.45) is 0. The zero-order valence-electron chi connectivity index (χ0n) is 10.8. The minimum Gasteiger partial charge on any atom is -0.398 e. The molecule has 0 atom stereocenters. The summed E-state index contributed by atoms with van der Waals surface area (Å²) in [6, 6.07) is 11.2. The lowest BCUT2D eigenvalue weighted by atomic mass is 10.1. The van der Waals surface area contributed by atoms with Gasteiger partial charge in [0.25, 0.3) is 5.91 Å². The summed E-state index contributed by atoms with van der Waals surface area (Å²) in [4.78, 5) is 12.2. The third-order valence-corrected chi connectivity index (χ3v) is 3.62. The average molecular weight is 366 g/mol. The smallest absolute Gasteiger partial charge is 0.255 e. The molecule has 0 aliphatic heterocycles. The third kappa shape index (κ3) is 3.26. The van der Waals surface area contributed by atoms with Crippen molar-refractivity contribution in [3.05, 3.63) is 56.7 Å². The van der Waals surface area contributed by atoms with Gasteiger partial charge in [0.15, 0.2) is 0 Å². The van der Waals surface area contributed by atoms with Crippen molar-refractivity contribution in [3.8, 4) is 0 Å². The minimum absolute atomic E-state index is 0.120. The van der Waals surface area contributed by atoms with Gasteiger partial charge in [-0.05, 0) is 71.8 Å². The summed E-state index contributed by atoms with van der Waals surface area (Å²) >= 11 is 2.19. The first-order valence-electron chi connectivity index (χ1n) is 5.91. The molecule has 0 saturated heterocycles. The molecule has 98 valence electrons. The van der Waals surface area contributed by atoms with Crippen LogP contribution >= 0.6 is 22.6 Å². The molecule has 0 saturated carbocycles. The fourth-order valence-electron chi connectivity index (χ4n) is 1.83. The van der Waals surface area contributed by atoms with Crippen molar-refractivity contribution < 1.29 is 4.79 Å². The molecule has 19 heavy (non-hydrogen) atoms. The monoisotopic (exact) mass is 366 g/mol. The Labute approximate surface area is 126 Å². The maximum absolute atomic E-state index is 12.2. The number of nitrogen functional groups attached to an aromatic ring is 1. The van der Waals surface area contributed by atoms with E-state index in [-0.39, 0.29) is 5.91 Å². The van der Waals surface area contributed by atoms with Crippen LogP contribution in [0.25, 0.3) is 0 Å². The molecule has 0 heterocycles. The second-order valence-corrected chi connectivity index (χ2v) is 5.73. The van der Waals surface area contributed by atoms with E-state index < -0.39 is 0 Å². The second kappa shape index (κ2) is 5.61. The van der Waals surface area contributed by atoms with Crippen molar-refractivity contribution in [2.24, 2.45) is 0 Å². The molecule has 0 spiro atoms. The van der Waals surface area contributed by atoms with Crippen molar-refractivity contribution in [2.45, 2.75) is 13.8 Å². The zero-order chi connectivity index (χ0) is 14.0. The molecule has 0 fully saturated rings. The van der Waals surface area contributed by atoms with Crippen LogP contribution in [0.2, 0.25) is 0 Å². The fourth-order valence-corrected chi connectivity index (χ4v) is 2.37. The Bertz CT molecular complexity index is 638. The zero-order valence-corrected chi connectivity index (χ0v) is 13.0. The van der Waals surface area contributed by atoms with Gasteiger partial charge >= 0.3 is 0 Å². The third-order valence-electron chi connectivity index (χ3n) is 2.95. The molecule has 0 bridgehead atoms. The summed E-state index contributed by atoms with van der Waals surface area (Å²) in [7, 11) is 0. The number of anilines is 2. The van der Waals surface area contributed by atoms with Gasteiger partial charge < -0.3 is 11.1 Å². The Morgan fingerprint density at radius 2 is 1.89 bits per heavy atom. The van der Waals surface area contributed by atoms with E-state index in [1.807, 2.05) is 38.1 Å². The molecule has 2 aromatic rings. The number of hydrogen-bond acceptors (Lipinski definition) is 2. The number of rotatable bonds is 2. The van der Waals surface area contributed by atoms with Crippen LogP contribution in [0.4, 0.5) is 11.4 Å². The van der Waals surface area contributed by atoms with Crippen LogP contribution in [0.3, 0.4) is 0 Å². The van der Waals surface area contributed by atoms with Crippen LogP contribution in [0.5, 0.6) is 0 Å². The first-order valence-corrected chi connectivity index (χ1v) is 6.99. The lowest BCUT2D eigenvalue weighted by molar-refractivity contribution is 0.102. The van der Waals surface area contributed by atoms with E-state index in [1.165, 1.54) is 0 Å². The Hall–Kier alpha value is -1.56. The van der Waals surface area contributed by atoms with E-state index in [9.17, 15) is 4.79 Å². The molecule has 0 aliphatic rings. The van der Waals surface area contributed by atoms with Crippen LogP contribution in [0.15, 0.2) is 36.4 Å². The maximum Gasteiger partial charge on any atom is 0.255 e. The molecule has 1 amide bonds. The molecule has 0 radical (unpaired) electrons. The van der Waals surface area contributed by atoms with Gasteiger partial charge in [-0.2, -0.15) is 0 Å². The van der Waals surface area contributed by atoms with Gasteiger partial charge in [-0.3, -0.25) is 4.79 Å². The number of aryl methyl sites for hydroxylation is 2. The molecule has 0 unspecified atom stereocenters. The predicted octanol–water partition coefficient (Wildman–Crippen LogP) is 3.74. The standard InChI is InChI=1S/C15H15IN2O/c1-9-6-10(2)14(8-13(9)17)18-15(19)11-4-3-5-12(16)7-11/h3-8H,17H2,1-2H3,(H,18,19). The van der Waals surface area contributed by atoms with Gasteiger partial charge in [-0.1, -0.05) is 12.1 Å². The van der Waals surface area contributed by atoms with Crippen molar-refractivity contribution in [1.82, 2.24) is 0 Å². The van der Waals surface area contributed by atoms with Crippen LogP contribution in [-0.4, -0.2) is 5.91 Å². The van der Waals surface area contributed by atoms with Gasteiger partial charge in [-0.25, -0.2) is 0 Å². The van der Waals surface area contributed by atoms with E-state index in [1.54, 1.807) is 12.1 Å². The number of hydrogen-bond donors (Lipinski definition) is 2. The SMILES string of the molecule is Cc1cc(C)c(NC(=O)c2cccc(I)c2)cc1N. The molecule has 0 aliphatic carbocycles. The predicted molar refractivity (Wildman–Crippen MR) is 87.4 cm³/mol. The first-order chi connectivity index (χ1) is 8.97. The molecule has 4 heteroatoms. The van der Waals surface area contributed by atoms with Gasteiger partial charge in [0, 0.05) is 20.5 Å². The Balaban J connectivity index is 2.27. The quantitative estimate of drug-likeness (QED) is 0.629. The van der Waals surface area contributed by atoms with E-state index in [2.05, 4.69) is 27.9 Å². The summed E-state index contributed by atoms with van der Waals surface area (Å²) < 4.78 is 1.03. The highest BCUT2D eigenvalue weighted by atomic mass is 127. The topological polar surface area (TPSA) is 55.1 Å². The largest absolute Gasteiger partial charge is 0.398 e. The number of benzene rings is 2. The average Bonchev–Trinajstić information content (AvgIpc) is 2.36. The molecule has 0 aromatic heterocycles. The minimum atomic E-state index is -0.120. The summed E-state index contributed by atoms with van der Waals surface area (Å²) in [5, 5.41) is 2.90. The molecule has 3 nitrogen and oxygen atoms in total. The highest BCUT2D eigenvalue weighted by molar-refractivity contribution is 14.1. The summed E-state index contributed by atoms with van der Waals surface area (Å²) in [5.41, 5.74) is 9.98. The van der Waals surface area contributed by atoms with Crippen LogP contribution in [-0.2, 0) is 0 Å². The van der Waals surface area contributed by atoms with Gasteiger partial charge in [0.2, 0.25) is 0 Å². The summed E-state index contributed by atoms with van der Waals surface area (Å²) in [5.74, 6) is -0.120. The van der Waals surface area contributed by atoms with E-state index in [4.69, 9.17) is 5.73 Å². The molecule has 2 rings (SSSR count). The number of carbonyl (C=O) groups excluding carboxylic acids is 1. The highest BCUT2D eigenvalue weighted by Gasteiger charge is 2.09. The van der Waals surface area contributed by atoms with Gasteiger partial charge in [0.1, 0.15) is 0 Å². The lowest BCUT2D eigenvalue weighted by Gasteiger charge is -2.11. The van der Waals surface area contributed by atoms with Crippen molar-refractivity contribution in [2.75, 3.05) is 11.1 Å². The Morgan fingerprint density at radius 3 is 2.58 bits per heavy atom. The molecule has 2 aromatic carbocycles. The van der Waals surface area contributed by atoms with Gasteiger partial charge in [-0.15, -0.1) is 0 Å². The van der Waals surface area contributed by atoms with E-state index in [0.29, 0.717) is 11.3 Å². The number of nitrogens with two attached hydrogens (primary N) is 1. The molecular weight excluding hydrogens is 351 g/mol. The Kier molecular flexibility index (Phi) is 4.09. The lowest BCUT2D eigenvalue weighted by Crippen LogP contribution is -2.13. The first kappa shape index (κ1) is 13.9. The van der Waals surface area contributed by atoms with Gasteiger partial charge in [0.05, 0.1) is 0 Å². The van der Waals surface area contributed by atoms with Crippen molar-refractivity contribution in [3.63, 3.8) is 0 Å². The number of halogens is 1. The normalized spacial score (nSPS) is 10.3. The Morgan fingerprint density at radius 1 is 1.16 bits per heavy atom.